The van der Waals surface area contributed by atoms with Gasteiger partial charge in [-0.2, -0.15) is 4.98 Å². The van der Waals surface area contributed by atoms with E-state index in [1.165, 1.54) is 38.5 Å². The molecule has 2 N–H and O–H groups in total. The van der Waals surface area contributed by atoms with Crippen molar-refractivity contribution in [2.24, 2.45) is 17.6 Å². The first-order valence-electron chi connectivity index (χ1n) is 8.48. The molecule has 0 saturated heterocycles. The molecule has 22 heavy (non-hydrogen) atoms. The third-order valence-electron chi connectivity index (χ3n) is 5.30. The number of aromatic nitrogens is 2. The summed E-state index contributed by atoms with van der Waals surface area (Å²) in [6.07, 6.45) is 8.23. The molecule has 2 aliphatic rings. The van der Waals surface area contributed by atoms with Crippen LogP contribution in [0.1, 0.15) is 55.9 Å². The standard InChI is InChI=1S/C18H23N3O/c19-11-12-6-8-14(9-7-12)17-20-18(22-21-17)16-10-15(16)13-4-2-1-3-5-13/h6-9,13,15-16H,1-5,10-11,19H2. The molecule has 0 bridgehead atoms. The lowest BCUT2D eigenvalue weighted by Gasteiger charge is -2.21. The SMILES string of the molecule is NCc1ccc(-c2noc(C3CC3C3CCCCC3)n2)cc1. The molecule has 0 aliphatic heterocycles. The number of nitrogens with two attached hydrogens (primary N) is 1. The van der Waals surface area contributed by atoms with Gasteiger partial charge in [0.25, 0.3) is 0 Å². The summed E-state index contributed by atoms with van der Waals surface area (Å²) in [6.45, 7) is 0.558. The third kappa shape index (κ3) is 2.68. The Hall–Kier alpha value is -1.68. The minimum atomic E-state index is 0.507. The summed E-state index contributed by atoms with van der Waals surface area (Å²) in [4.78, 5) is 4.63. The van der Waals surface area contributed by atoms with Gasteiger partial charge >= 0.3 is 0 Å². The van der Waals surface area contributed by atoms with Crippen LogP contribution in [0.25, 0.3) is 11.4 Å². The van der Waals surface area contributed by atoms with Gasteiger partial charge in [0, 0.05) is 18.0 Å². The summed E-state index contributed by atoms with van der Waals surface area (Å²) in [5.41, 5.74) is 7.75. The zero-order valence-electron chi connectivity index (χ0n) is 12.9. The van der Waals surface area contributed by atoms with Gasteiger partial charge in [-0.25, -0.2) is 0 Å². The van der Waals surface area contributed by atoms with Crippen LogP contribution in [-0.2, 0) is 6.54 Å². The molecule has 4 heteroatoms. The maximum absolute atomic E-state index is 5.63. The van der Waals surface area contributed by atoms with Crippen LogP contribution in [0, 0.1) is 11.8 Å². The van der Waals surface area contributed by atoms with Gasteiger partial charge in [-0.05, 0) is 23.8 Å². The van der Waals surface area contributed by atoms with E-state index in [1.54, 1.807) is 0 Å². The van der Waals surface area contributed by atoms with Crippen molar-refractivity contribution in [1.82, 2.24) is 10.1 Å². The van der Waals surface area contributed by atoms with Gasteiger partial charge in [-0.15, -0.1) is 0 Å². The Morgan fingerprint density at radius 1 is 1.09 bits per heavy atom. The Morgan fingerprint density at radius 2 is 1.86 bits per heavy atom. The summed E-state index contributed by atoms with van der Waals surface area (Å²) in [5, 5.41) is 4.17. The second kappa shape index (κ2) is 5.84. The first-order chi connectivity index (χ1) is 10.8. The molecule has 4 nitrogen and oxygen atoms in total. The largest absolute Gasteiger partial charge is 0.339 e. The molecule has 2 saturated carbocycles. The minimum Gasteiger partial charge on any atom is -0.339 e. The smallest absolute Gasteiger partial charge is 0.230 e. The molecule has 2 unspecified atom stereocenters. The van der Waals surface area contributed by atoms with Gasteiger partial charge in [0.05, 0.1) is 0 Å². The molecule has 0 amide bonds. The van der Waals surface area contributed by atoms with E-state index in [2.05, 4.69) is 10.1 Å². The summed E-state index contributed by atoms with van der Waals surface area (Å²) < 4.78 is 5.53. The van der Waals surface area contributed by atoms with Crippen LogP contribution in [0.15, 0.2) is 28.8 Å². The average Bonchev–Trinajstić information content (AvgIpc) is 3.24. The number of hydrogen-bond donors (Lipinski definition) is 1. The highest BCUT2D eigenvalue weighted by atomic mass is 16.5. The topological polar surface area (TPSA) is 64.9 Å². The average molecular weight is 297 g/mol. The second-order valence-electron chi connectivity index (χ2n) is 6.76. The predicted molar refractivity (Wildman–Crippen MR) is 85.0 cm³/mol. The number of hydrogen-bond acceptors (Lipinski definition) is 4. The molecule has 2 fully saturated rings. The molecule has 2 aliphatic carbocycles. The molecule has 0 spiro atoms. The van der Waals surface area contributed by atoms with E-state index in [-0.39, 0.29) is 0 Å². The van der Waals surface area contributed by atoms with Crippen LogP contribution in [0.3, 0.4) is 0 Å². The Kier molecular flexibility index (Phi) is 3.70. The molecule has 2 atom stereocenters. The molecule has 1 heterocycles. The maximum atomic E-state index is 5.63. The lowest BCUT2D eigenvalue weighted by atomic mass is 9.85. The second-order valence-corrected chi connectivity index (χ2v) is 6.76. The molecule has 0 radical (unpaired) electrons. The van der Waals surface area contributed by atoms with E-state index < -0.39 is 0 Å². The van der Waals surface area contributed by atoms with Gasteiger partial charge < -0.3 is 10.3 Å². The predicted octanol–water partition coefficient (Wildman–Crippen LogP) is 3.88. The quantitative estimate of drug-likeness (QED) is 0.930. The molecule has 116 valence electrons. The highest BCUT2D eigenvalue weighted by Gasteiger charge is 2.47. The molecule has 4 rings (SSSR count). The van der Waals surface area contributed by atoms with Crippen molar-refractivity contribution in [3.05, 3.63) is 35.7 Å². The van der Waals surface area contributed by atoms with Gasteiger partial charge in [0.15, 0.2) is 0 Å². The summed E-state index contributed by atoms with van der Waals surface area (Å²) in [5.74, 6) is 3.72. The van der Waals surface area contributed by atoms with E-state index in [9.17, 15) is 0 Å². The fraction of sp³-hybridized carbons (Fsp3) is 0.556. The van der Waals surface area contributed by atoms with Crippen LogP contribution < -0.4 is 5.73 Å². The first-order valence-corrected chi connectivity index (χ1v) is 8.48. The van der Waals surface area contributed by atoms with Crippen LogP contribution in [0.5, 0.6) is 0 Å². The molecule has 1 aromatic carbocycles. The monoisotopic (exact) mass is 297 g/mol. The van der Waals surface area contributed by atoms with E-state index in [0.717, 1.165) is 28.9 Å². The van der Waals surface area contributed by atoms with E-state index in [0.29, 0.717) is 18.3 Å². The normalized spacial score (nSPS) is 25.3. The fourth-order valence-corrected chi connectivity index (χ4v) is 3.87. The van der Waals surface area contributed by atoms with Gasteiger partial charge in [0.1, 0.15) is 0 Å². The maximum Gasteiger partial charge on any atom is 0.230 e. The Bertz CT molecular complexity index is 628. The van der Waals surface area contributed by atoms with Crippen LogP contribution in [0.4, 0.5) is 0 Å². The Labute approximate surface area is 131 Å². The molecular weight excluding hydrogens is 274 g/mol. The van der Waals surface area contributed by atoms with Crippen molar-refractivity contribution in [2.75, 3.05) is 0 Å². The van der Waals surface area contributed by atoms with Crippen molar-refractivity contribution in [3.63, 3.8) is 0 Å². The van der Waals surface area contributed by atoms with Crippen LogP contribution >= 0.6 is 0 Å². The van der Waals surface area contributed by atoms with Crippen molar-refractivity contribution < 1.29 is 4.52 Å². The van der Waals surface area contributed by atoms with Gasteiger partial charge in [-0.1, -0.05) is 61.5 Å². The number of rotatable bonds is 4. The molecular formula is C18H23N3O. The number of nitrogens with zero attached hydrogens (tertiary/aromatic N) is 2. The zero-order chi connectivity index (χ0) is 14.9. The molecule has 2 aromatic rings. The van der Waals surface area contributed by atoms with Crippen LogP contribution in [-0.4, -0.2) is 10.1 Å². The third-order valence-corrected chi connectivity index (χ3v) is 5.30. The zero-order valence-corrected chi connectivity index (χ0v) is 12.9. The summed E-state index contributed by atoms with van der Waals surface area (Å²) >= 11 is 0. The summed E-state index contributed by atoms with van der Waals surface area (Å²) in [7, 11) is 0. The van der Waals surface area contributed by atoms with Crippen molar-refractivity contribution in [1.29, 1.82) is 0 Å². The van der Waals surface area contributed by atoms with E-state index in [1.807, 2.05) is 24.3 Å². The Balaban J connectivity index is 1.45. The van der Waals surface area contributed by atoms with E-state index >= 15 is 0 Å². The van der Waals surface area contributed by atoms with Gasteiger partial charge in [0.2, 0.25) is 11.7 Å². The highest BCUT2D eigenvalue weighted by Crippen LogP contribution is 2.54. The van der Waals surface area contributed by atoms with Crippen LogP contribution in [0.2, 0.25) is 0 Å². The van der Waals surface area contributed by atoms with E-state index in [4.69, 9.17) is 10.3 Å². The minimum absolute atomic E-state index is 0.507. The molecule has 1 aromatic heterocycles. The van der Waals surface area contributed by atoms with Gasteiger partial charge in [-0.3, -0.25) is 0 Å². The fourth-order valence-electron chi connectivity index (χ4n) is 3.87. The lowest BCUT2D eigenvalue weighted by Crippen LogP contribution is -2.09. The van der Waals surface area contributed by atoms with Crippen molar-refractivity contribution in [2.45, 2.75) is 51.0 Å². The highest BCUT2D eigenvalue weighted by molar-refractivity contribution is 5.54. The Morgan fingerprint density at radius 3 is 2.59 bits per heavy atom. The lowest BCUT2D eigenvalue weighted by molar-refractivity contribution is 0.305. The van der Waals surface area contributed by atoms with Crippen molar-refractivity contribution >= 4 is 0 Å². The summed E-state index contributed by atoms with van der Waals surface area (Å²) in [6, 6.07) is 8.07. The number of benzene rings is 1. The first kappa shape index (κ1) is 13.9. The van der Waals surface area contributed by atoms with Crippen molar-refractivity contribution in [3.8, 4) is 11.4 Å².